The molecule has 0 aliphatic rings. The van der Waals surface area contributed by atoms with Crippen molar-refractivity contribution in [1.82, 2.24) is 4.98 Å². The summed E-state index contributed by atoms with van der Waals surface area (Å²) >= 11 is 6.93. The molecule has 1 aromatic carbocycles. The minimum atomic E-state index is -4.48. The lowest BCUT2D eigenvalue weighted by Crippen LogP contribution is -2.05. The number of hydrogen-bond donors (Lipinski definition) is 0. The van der Waals surface area contributed by atoms with Gasteiger partial charge in [-0.3, -0.25) is 0 Å². The largest absolute Gasteiger partial charge is 0.417 e. The zero-order valence-corrected chi connectivity index (χ0v) is 11.7. The highest BCUT2D eigenvalue weighted by molar-refractivity contribution is 7.99. The lowest BCUT2D eigenvalue weighted by atomic mass is 10.3. The Morgan fingerprint density at radius 1 is 1.24 bits per heavy atom. The molecular formula is C12H6ClF3N4S. The van der Waals surface area contributed by atoms with Crippen molar-refractivity contribution in [2.24, 2.45) is 5.11 Å². The Kier molecular flexibility index (Phi) is 4.62. The Morgan fingerprint density at radius 3 is 2.43 bits per heavy atom. The van der Waals surface area contributed by atoms with Crippen LogP contribution in [0.4, 0.5) is 18.9 Å². The van der Waals surface area contributed by atoms with Gasteiger partial charge in [0.05, 0.1) is 10.6 Å². The van der Waals surface area contributed by atoms with E-state index in [0.717, 1.165) is 24.0 Å². The maximum Gasteiger partial charge on any atom is 0.417 e. The Labute approximate surface area is 126 Å². The van der Waals surface area contributed by atoms with Crippen LogP contribution in [-0.4, -0.2) is 4.98 Å². The summed E-state index contributed by atoms with van der Waals surface area (Å²) in [7, 11) is 0. The predicted octanol–water partition coefficient (Wildman–Crippen LogP) is 5.85. The summed E-state index contributed by atoms with van der Waals surface area (Å²) in [5.41, 5.74) is 7.83. The standard InChI is InChI=1S/C12H6ClF3N4S/c13-10-5-7(12(14,15)16)6-18-11(10)21-9-3-1-8(2-4-9)19-20-17/h1-6H. The molecule has 0 radical (unpaired) electrons. The summed E-state index contributed by atoms with van der Waals surface area (Å²) in [5, 5.41) is 3.61. The average Bonchev–Trinajstić information content (AvgIpc) is 2.42. The predicted molar refractivity (Wildman–Crippen MR) is 73.6 cm³/mol. The van der Waals surface area contributed by atoms with Gasteiger partial charge in [-0.2, -0.15) is 13.2 Å². The maximum absolute atomic E-state index is 12.5. The van der Waals surface area contributed by atoms with Crippen LogP contribution < -0.4 is 0 Å². The van der Waals surface area contributed by atoms with Crippen molar-refractivity contribution in [1.29, 1.82) is 0 Å². The van der Waals surface area contributed by atoms with E-state index in [1.807, 2.05) is 0 Å². The normalized spacial score (nSPS) is 11.0. The molecule has 2 rings (SSSR count). The zero-order chi connectivity index (χ0) is 15.5. The van der Waals surface area contributed by atoms with Crippen molar-refractivity contribution >= 4 is 29.1 Å². The van der Waals surface area contributed by atoms with E-state index in [0.29, 0.717) is 10.6 Å². The summed E-state index contributed by atoms with van der Waals surface area (Å²) in [5.74, 6) is 0. The van der Waals surface area contributed by atoms with Crippen LogP contribution in [0, 0.1) is 0 Å². The number of alkyl halides is 3. The number of aromatic nitrogens is 1. The molecule has 4 nitrogen and oxygen atoms in total. The minimum absolute atomic E-state index is 0.0750. The molecule has 0 bridgehead atoms. The Hall–Kier alpha value is -1.89. The zero-order valence-electron chi connectivity index (χ0n) is 10.2. The van der Waals surface area contributed by atoms with Crippen LogP contribution >= 0.6 is 23.4 Å². The van der Waals surface area contributed by atoms with Gasteiger partial charge in [0.15, 0.2) is 0 Å². The van der Waals surface area contributed by atoms with E-state index >= 15 is 0 Å². The van der Waals surface area contributed by atoms with E-state index in [9.17, 15) is 13.2 Å². The van der Waals surface area contributed by atoms with Gasteiger partial charge in [0.25, 0.3) is 0 Å². The summed E-state index contributed by atoms with van der Waals surface area (Å²) in [6.45, 7) is 0. The third kappa shape index (κ3) is 4.04. The molecular weight excluding hydrogens is 325 g/mol. The first-order valence-electron chi connectivity index (χ1n) is 5.46. The van der Waals surface area contributed by atoms with E-state index in [4.69, 9.17) is 17.1 Å². The molecule has 0 spiro atoms. The van der Waals surface area contributed by atoms with Gasteiger partial charge in [0.1, 0.15) is 5.03 Å². The lowest BCUT2D eigenvalue weighted by Gasteiger charge is -2.08. The van der Waals surface area contributed by atoms with Gasteiger partial charge in [-0.1, -0.05) is 40.6 Å². The van der Waals surface area contributed by atoms with Crippen molar-refractivity contribution in [2.45, 2.75) is 16.1 Å². The van der Waals surface area contributed by atoms with Crippen LogP contribution in [0.3, 0.4) is 0 Å². The number of nitrogens with zero attached hydrogens (tertiary/aromatic N) is 4. The van der Waals surface area contributed by atoms with E-state index in [1.165, 1.54) is 0 Å². The Bertz CT molecular complexity index is 697. The molecule has 0 aliphatic carbocycles. The fourth-order valence-electron chi connectivity index (χ4n) is 1.40. The van der Waals surface area contributed by atoms with Gasteiger partial charge in [-0.15, -0.1) is 0 Å². The molecule has 0 aliphatic heterocycles. The van der Waals surface area contributed by atoms with Crippen molar-refractivity contribution in [3.05, 3.63) is 57.6 Å². The van der Waals surface area contributed by atoms with E-state index in [1.54, 1.807) is 24.3 Å². The summed E-state index contributed by atoms with van der Waals surface area (Å²) in [6.07, 6.45) is -3.74. The fraction of sp³-hybridized carbons (Fsp3) is 0.0833. The lowest BCUT2D eigenvalue weighted by molar-refractivity contribution is -0.137. The highest BCUT2D eigenvalue weighted by Gasteiger charge is 2.31. The fourth-order valence-corrected chi connectivity index (χ4v) is 2.44. The topological polar surface area (TPSA) is 61.7 Å². The van der Waals surface area contributed by atoms with Crippen molar-refractivity contribution in [3.63, 3.8) is 0 Å². The number of hydrogen-bond acceptors (Lipinski definition) is 3. The summed E-state index contributed by atoms with van der Waals surface area (Å²) < 4.78 is 37.5. The molecule has 1 heterocycles. The van der Waals surface area contributed by atoms with Crippen LogP contribution in [-0.2, 0) is 6.18 Å². The van der Waals surface area contributed by atoms with Crippen LogP contribution in [0.1, 0.15) is 5.56 Å². The molecule has 0 fully saturated rings. The quantitative estimate of drug-likeness (QED) is 0.403. The molecule has 0 saturated carbocycles. The van der Waals surface area contributed by atoms with Crippen molar-refractivity contribution < 1.29 is 13.2 Å². The highest BCUT2D eigenvalue weighted by Crippen LogP contribution is 2.36. The molecule has 21 heavy (non-hydrogen) atoms. The van der Waals surface area contributed by atoms with Gasteiger partial charge in [0.2, 0.25) is 0 Å². The molecule has 0 atom stereocenters. The molecule has 1 aromatic heterocycles. The number of pyridine rings is 1. The number of azide groups is 1. The third-order valence-electron chi connectivity index (χ3n) is 2.35. The first-order valence-corrected chi connectivity index (χ1v) is 6.65. The summed E-state index contributed by atoms with van der Waals surface area (Å²) in [6, 6.07) is 7.32. The molecule has 0 saturated heterocycles. The number of rotatable bonds is 3. The average molecular weight is 331 g/mol. The maximum atomic E-state index is 12.5. The molecule has 9 heteroatoms. The van der Waals surface area contributed by atoms with E-state index in [-0.39, 0.29) is 10.0 Å². The van der Waals surface area contributed by atoms with Gasteiger partial charge < -0.3 is 0 Å². The smallest absolute Gasteiger partial charge is 0.247 e. The molecule has 0 unspecified atom stereocenters. The van der Waals surface area contributed by atoms with Gasteiger partial charge in [-0.05, 0) is 23.7 Å². The second kappa shape index (κ2) is 6.26. The van der Waals surface area contributed by atoms with E-state index in [2.05, 4.69) is 15.0 Å². The molecule has 0 amide bonds. The highest BCUT2D eigenvalue weighted by atomic mass is 35.5. The number of benzene rings is 1. The SMILES string of the molecule is [N-]=[N+]=Nc1ccc(Sc2ncc(C(F)(F)F)cc2Cl)cc1. The Morgan fingerprint density at radius 2 is 1.90 bits per heavy atom. The van der Waals surface area contributed by atoms with Gasteiger partial charge in [0, 0.05) is 21.7 Å². The Balaban J connectivity index is 2.21. The molecule has 108 valence electrons. The third-order valence-corrected chi connectivity index (χ3v) is 3.77. The van der Waals surface area contributed by atoms with E-state index < -0.39 is 11.7 Å². The van der Waals surface area contributed by atoms with Crippen LogP contribution in [0.15, 0.2) is 51.6 Å². The minimum Gasteiger partial charge on any atom is -0.247 e. The van der Waals surface area contributed by atoms with Gasteiger partial charge >= 0.3 is 6.18 Å². The second-order valence-electron chi connectivity index (χ2n) is 3.79. The summed E-state index contributed by atoms with van der Waals surface area (Å²) in [4.78, 5) is 7.08. The second-order valence-corrected chi connectivity index (χ2v) is 5.26. The first-order chi connectivity index (χ1) is 9.90. The van der Waals surface area contributed by atoms with Gasteiger partial charge in [-0.25, -0.2) is 4.98 Å². The molecule has 2 aromatic rings. The van der Waals surface area contributed by atoms with Crippen LogP contribution in [0.25, 0.3) is 10.4 Å². The first kappa shape index (κ1) is 15.5. The van der Waals surface area contributed by atoms with Crippen LogP contribution in [0.2, 0.25) is 5.02 Å². The van der Waals surface area contributed by atoms with Crippen molar-refractivity contribution in [3.8, 4) is 0 Å². The number of halogens is 4. The van der Waals surface area contributed by atoms with Crippen LogP contribution in [0.5, 0.6) is 0 Å². The van der Waals surface area contributed by atoms with Crippen molar-refractivity contribution in [2.75, 3.05) is 0 Å². The monoisotopic (exact) mass is 330 g/mol. The molecule has 0 N–H and O–H groups in total.